The minimum absolute atomic E-state index is 0.306. The lowest BCUT2D eigenvalue weighted by molar-refractivity contribution is 0.0600. The van der Waals surface area contributed by atoms with Crippen LogP contribution < -0.4 is 10.2 Å². The maximum atomic E-state index is 12.6. The van der Waals surface area contributed by atoms with Crippen LogP contribution in [0.4, 0.5) is 0 Å². The van der Waals surface area contributed by atoms with Crippen molar-refractivity contribution in [1.29, 1.82) is 0 Å². The fourth-order valence-corrected chi connectivity index (χ4v) is 3.63. The molecule has 0 radical (unpaired) electrons. The Kier molecular flexibility index (Phi) is 12.4. The van der Waals surface area contributed by atoms with Gasteiger partial charge in [-0.25, -0.2) is 4.79 Å². The van der Waals surface area contributed by atoms with Gasteiger partial charge in [-0.1, -0.05) is 25.7 Å². The molecule has 8 nitrogen and oxygen atoms in total. The molecule has 2 rings (SSSR count). The van der Waals surface area contributed by atoms with Gasteiger partial charge in [0.2, 0.25) is 0 Å². The highest BCUT2D eigenvalue weighted by molar-refractivity contribution is 14.1. The molecule has 0 saturated carbocycles. The molecule has 9 heteroatoms. The van der Waals surface area contributed by atoms with E-state index in [4.69, 9.17) is 9.47 Å². The van der Waals surface area contributed by atoms with Crippen LogP contribution >= 0.6 is 22.9 Å². The minimum Gasteiger partial charge on any atom is -0.494 e. The summed E-state index contributed by atoms with van der Waals surface area (Å²) in [6.07, 6.45) is 6.81. The fourth-order valence-electron chi connectivity index (χ4n) is 3.13. The number of amides is 2. The van der Waals surface area contributed by atoms with Gasteiger partial charge in [-0.15, -0.1) is 0 Å². The first-order chi connectivity index (χ1) is 16.5. The van der Waals surface area contributed by atoms with E-state index in [0.717, 1.165) is 29.1 Å². The summed E-state index contributed by atoms with van der Waals surface area (Å²) >= 11 is 1.73. The Morgan fingerprint density at radius 3 is 1.88 bits per heavy atom. The zero-order valence-corrected chi connectivity index (χ0v) is 21.7. The van der Waals surface area contributed by atoms with Crippen molar-refractivity contribution in [2.24, 2.45) is 0 Å². The molecule has 34 heavy (non-hydrogen) atoms. The average molecular weight is 582 g/mol. The molecule has 0 aromatic heterocycles. The molecular formula is C25H31IN2O6. The third-order valence-electron chi connectivity index (χ3n) is 5.06. The monoisotopic (exact) mass is 582 g/mol. The Bertz CT molecular complexity index is 918. The van der Waals surface area contributed by atoms with E-state index in [9.17, 15) is 14.4 Å². The molecule has 0 aliphatic heterocycles. The third-order valence-corrected chi connectivity index (χ3v) is 5.74. The molecule has 0 bridgehead atoms. The van der Waals surface area contributed by atoms with Gasteiger partial charge in [-0.05, 0) is 61.4 Å². The molecule has 0 atom stereocenters. The Labute approximate surface area is 214 Å². The Morgan fingerprint density at radius 2 is 1.29 bits per heavy atom. The van der Waals surface area contributed by atoms with Crippen LogP contribution in [0.5, 0.6) is 5.75 Å². The lowest BCUT2D eigenvalue weighted by atomic mass is 10.1. The smallest absolute Gasteiger partial charge is 0.337 e. The van der Waals surface area contributed by atoms with Gasteiger partial charge in [0.05, 0.1) is 42.1 Å². The van der Waals surface area contributed by atoms with E-state index in [0.29, 0.717) is 29.0 Å². The fraction of sp³-hybridized carbons (Fsp3) is 0.400. The molecule has 0 fully saturated rings. The number of esters is 1. The van der Waals surface area contributed by atoms with Crippen LogP contribution in [-0.2, 0) is 9.47 Å². The molecular weight excluding hydrogens is 551 g/mol. The Balaban J connectivity index is 1.74. The summed E-state index contributed by atoms with van der Waals surface area (Å²) in [5, 5.41) is 0. The number of carbonyl (C=O) groups is 3. The zero-order chi connectivity index (χ0) is 24.8. The number of ether oxygens (including phenoxy) is 3. The van der Waals surface area contributed by atoms with Crippen molar-refractivity contribution in [3.8, 4) is 5.75 Å². The summed E-state index contributed by atoms with van der Waals surface area (Å²) in [6.45, 7) is 1.46. The largest absolute Gasteiger partial charge is 0.494 e. The SMILES string of the molecule is COCCCCCCCCOc1ccc(C(=O)N(I)NC(=O)c2ccc(C(=O)OC)cc2)cc1. The van der Waals surface area contributed by atoms with Crippen molar-refractivity contribution in [3.05, 3.63) is 65.2 Å². The predicted octanol–water partition coefficient (Wildman–Crippen LogP) is 4.98. The maximum absolute atomic E-state index is 12.6. The van der Waals surface area contributed by atoms with Crippen LogP contribution in [0.15, 0.2) is 48.5 Å². The first kappa shape index (κ1) is 27.6. The molecule has 2 aromatic rings. The van der Waals surface area contributed by atoms with Crippen LogP contribution in [0.25, 0.3) is 0 Å². The van der Waals surface area contributed by atoms with E-state index in [-0.39, 0.29) is 5.91 Å². The van der Waals surface area contributed by atoms with Crippen LogP contribution in [0.1, 0.15) is 69.6 Å². The molecule has 184 valence electrons. The Hall–Kier alpha value is -2.66. The lowest BCUT2D eigenvalue weighted by Gasteiger charge is -2.16. The van der Waals surface area contributed by atoms with Gasteiger partial charge in [-0.2, -0.15) is 3.22 Å². The molecule has 0 aliphatic carbocycles. The summed E-state index contributed by atoms with van der Waals surface area (Å²) in [6, 6.07) is 12.8. The number of hydrazine groups is 1. The first-order valence-corrected chi connectivity index (χ1v) is 12.1. The maximum Gasteiger partial charge on any atom is 0.337 e. The highest BCUT2D eigenvalue weighted by atomic mass is 127. The van der Waals surface area contributed by atoms with E-state index in [1.165, 1.54) is 50.6 Å². The normalized spacial score (nSPS) is 10.4. The van der Waals surface area contributed by atoms with Crippen molar-refractivity contribution in [2.45, 2.75) is 38.5 Å². The van der Waals surface area contributed by atoms with Crippen LogP contribution in [-0.4, -0.2) is 48.4 Å². The van der Waals surface area contributed by atoms with Crippen LogP contribution in [0.2, 0.25) is 0 Å². The second-order valence-electron chi connectivity index (χ2n) is 7.58. The summed E-state index contributed by atoms with van der Waals surface area (Å²) in [5.41, 5.74) is 3.58. The summed E-state index contributed by atoms with van der Waals surface area (Å²) < 4.78 is 16.5. The number of hydrogen-bond acceptors (Lipinski definition) is 6. The van der Waals surface area contributed by atoms with Gasteiger partial charge < -0.3 is 14.2 Å². The van der Waals surface area contributed by atoms with Crippen molar-refractivity contribution in [1.82, 2.24) is 8.65 Å². The highest BCUT2D eigenvalue weighted by Gasteiger charge is 2.17. The number of nitrogens with one attached hydrogen (secondary N) is 1. The van der Waals surface area contributed by atoms with Gasteiger partial charge in [0, 0.05) is 24.8 Å². The first-order valence-electron chi connectivity index (χ1n) is 11.2. The predicted molar refractivity (Wildman–Crippen MR) is 137 cm³/mol. The van der Waals surface area contributed by atoms with Gasteiger partial charge in [0.15, 0.2) is 0 Å². The summed E-state index contributed by atoms with van der Waals surface area (Å²) in [4.78, 5) is 36.5. The Morgan fingerprint density at radius 1 is 0.765 bits per heavy atom. The molecule has 2 amide bonds. The van der Waals surface area contributed by atoms with E-state index < -0.39 is 11.9 Å². The topological polar surface area (TPSA) is 94.2 Å². The van der Waals surface area contributed by atoms with Crippen molar-refractivity contribution < 1.29 is 28.6 Å². The highest BCUT2D eigenvalue weighted by Crippen LogP contribution is 2.16. The third kappa shape index (κ3) is 9.30. The van der Waals surface area contributed by atoms with Gasteiger partial charge >= 0.3 is 5.97 Å². The number of rotatable bonds is 13. The van der Waals surface area contributed by atoms with E-state index in [2.05, 4.69) is 10.2 Å². The quantitative estimate of drug-likeness (QED) is 0.118. The summed E-state index contributed by atoms with van der Waals surface area (Å²) in [7, 11) is 3.02. The zero-order valence-electron chi connectivity index (χ0n) is 19.6. The molecule has 0 unspecified atom stereocenters. The summed E-state index contributed by atoms with van der Waals surface area (Å²) in [5.74, 6) is -0.636. The number of unbranched alkanes of at least 4 members (excludes halogenated alkanes) is 5. The molecule has 1 N–H and O–H groups in total. The van der Waals surface area contributed by atoms with Gasteiger partial charge in [0.25, 0.3) is 11.8 Å². The molecule has 0 heterocycles. The van der Waals surface area contributed by atoms with Gasteiger partial charge in [-0.3, -0.25) is 15.0 Å². The van der Waals surface area contributed by atoms with Crippen molar-refractivity contribution in [2.75, 3.05) is 27.4 Å². The number of methoxy groups -OCH3 is 2. The van der Waals surface area contributed by atoms with Crippen LogP contribution in [0.3, 0.4) is 0 Å². The lowest BCUT2D eigenvalue weighted by Crippen LogP contribution is -2.39. The van der Waals surface area contributed by atoms with E-state index in [1.54, 1.807) is 54.2 Å². The standard InChI is InChI=1S/C25H31IN2O6/c1-32-17-7-5-3-4-6-8-18-34-22-15-13-20(14-16-22)24(30)28(26)27-23(29)19-9-11-21(12-10-19)25(31)33-2/h9-16H,3-8,17-18H2,1-2H3,(H,27,29). The van der Waals surface area contributed by atoms with E-state index in [1.807, 2.05) is 0 Å². The number of carbonyl (C=O) groups excluding carboxylic acids is 3. The van der Waals surface area contributed by atoms with Gasteiger partial charge in [0.1, 0.15) is 5.75 Å². The minimum atomic E-state index is -0.487. The molecule has 0 aliphatic rings. The number of hydrogen-bond donors (Lipinski definition) is 1. The van der Waals surface area contributed by atoms with E-state index >= 15 is 0 Å². The number of halogens is 1. The molecule has 2 aromatic carbocycles. The molecule has 0 saturated heterocycles. The average Bonchev–Trinajstić information content (AvgIpc) is 2.87. The number of nitrogens with zero attached hydrogens (tertiary/aromatic N) is 1. The van der Waals surface area contributed by atoms with Crippen LogP contribution in [0, 0.1) is 0 Å². The number of benzene rings is 2. The second kappa shape index (κ2) is 15.3. The van der Waals surface area contributed by atoms with Crippen molar-refractivity contribution in [3.63, 3.8) is 0 Å². The van der Waals surface area contributed by atoms with Crippen molar-refractivity contribution >= 4 is 40.6 Å². The molecule has 0 spiro atoms. The second-order valence-corrected chi connectivity index (χ2v) is 8.55.